The van der Waals surface area contributed by atoms with Crippen molar-refractivity contribution in [2.75, 3.05) is 6.54 Å². The van der Waals surface area contributed by atoms with Crippen LogP contribution in [0.4, 0.5) is 0 Å². The van der Waals surface area contributed by atoms with Gasteiger partial charge in [0, 0.05) is 6.54 Å². The lowest BCUT2D eigenvalue weighted by Crippen LogP contribution is -2.39. The Labute approximate surface area is 134 Å². The minimum absolute atomic E-state index is 0.0958. The van der Waals surface area contributed by atoms with Crippen LogP contribution in [0.3, 0.4) is 0 Å². The summed E-state index contributed by atoms with van der Waals surface area (Å²) >= 11 is 6.70. The van der Waals surface area contributed by atoms with Gasteiger partial charge in [0.25, 0.3) is 0 Å². The summed E-state index contributed by atoms with van der Waals surface area (Å²) in [6.07, 6.45) is 1.37. The Morgan fingerprint density at radius 3 is 2.62 bits per heavy atom. The molecule has 1 unspecified atom stereocenters. The van der Waals surface area contributed by atoms with Gasteiger partial charge < -0.3 is 11.1 Å². The summed E-state index contributed by atoms with van der Waals surface area (Å²) in [6, 6.07) is 11.8. The first-order valence-electron chi connectivity index (χ1n) is 6.79. The Hall–Kier alpha value is -1.72. The first-order valence-corrected chi connectivity index (χ1v) is 8.14. The summed E-state index contributed by atoms with van der Waals surface area (Å²) in [6.45, 7) is 0.601. The van der Waals surface area contributed by atoms with E-state index in [1.807, 2.05) is 35.7 Å². The highest BCUT2D eigenvalue weighted by Gasteiger charge is 2.21. The van der Waals surface area contributed by atoms with Crippen molar-refractivity contribution in [1.29, 1.82) is 0 Å². The number of hydrogen-bond acceptors (Lipinski definition) is 3. The molecule has 0 saturated carbocycles. The van der Waals surface area contributed by atoms with Gasteiger partial charge in [-0.25, -0.2) is 0 Å². The molecule has 21 heavy (non-hydrogen) atoms. The second-order valence-electron chi connectivity index (χ2n) is 4.82. The Morgan fingerprint density at radius 2 is 2.00 bits per heavy atom. The van der Waals surface area contributed by atoms with E-state index in [-0.39, 0.29) is 10.9 Å². The van der Waals surface area contributed by atoms with Crippen LogP contribution in [0.1, 0.15) is 11.1 Å². The lowest BCUT2D eigenvalue weighted by molar-refractivity contribution is -0.122. The van der Waals surface area contributed by atoms with Crippen molar-refractivity contribution in [2.45, 2.75) is 12.8 Å². The number of nitrogens with one attached hydrogen (secondary N) is 1. The number of hydrogen-bond donors (Lipinski definition) is 2. The molecule has 0 radical (unpaired) electrons. The minimum Gasteiger partial charge on any atom is -0.393 e. The molecule has 0 aliphatic rings. The fourth-order valence-corrected chi connectivity index (χ4v) is 2.95. The highest BCUT2D eigenvalue weighted by molar-refractivity contribution is 7.80. The Bertz CT molecular complexity index is 582. The van der Waals surface area contributed by atoms with Gasteiger partial charge in [0.15, 0.2) is 0 Å². The lowest BCUT2D eigenvalue weighted by atomic mass is 9.98. The third-order valence-electron chi connectivity index (χ3n) is 3.24. The van der Waals surface area contributed by atoms with Crippen LogP contribution in [-0.2, 0) is 17.6 Å². The van der Waals surface area contributed by atoms with E-state index in [1.165, 1.54) is 5.56 Å². The van der Waals surface area contributed by atoms with Crippen molar-refractivity contribution in [2.24, 2.45) is 11.7 Å². The number of thiophene rings is 1. The van der Waals surface area contributed by atoms with E-state index in [0.29, 0.717) is 13.0 Å². The highest BCUT2D eigenvalue weighted by Crippen LogP contribution is 2.10. The predicted octanol–water partition coefficient (Wildman–Crippen LogP) is 2.55. The molecule has 0 aliphatic heterocycles. The van der Waals surface area contributed by atoms with Crippen molar-refractivity contribution in [3.63, 3.8) is 0 Å². The molecule has 3 nitrogen and oxygen atoms in total. The zero-order chi connectivity index (χ0) is 15.1. The van der Waals surface area contributed by atoms with E-state index in [0.717, 1.165) is 12.0 Å². The molecule has 0 aliphatic carbocycles. The quantitative estimate of drug-likeness (QED) is 0.772. The molecule has 5 heteroatoms. The smallest absolute Gasteiger partial charge is 0.230 e. The number of benzene rings is 1. The maximum absolute atomic E-state index is 12.2. The lowest BCUT2D eigenvalue weighted by Gasteiger charge is -2.15. The van der Waals surface area contributed by atoms with Gasteiger partial charge >= 0.3 is 0 Å². The minimum atomic E-state index is -0.454. The fraction of sp³-hybridized carbons (Fsp3) is 0.250. The molecule has 1 amide bonds. The molecule has 0 bridgehead atoms. The topological polar surface area (TPSA) is 55.1 Å². The molecular weight excluding hydrogens is 300 g/mol. The number of rotatable bonds is 7. The molecule has 0 fully saturated rings. The molecule has 2 rings (SSSR count). The molecule has 1 heterocycles. The zero-order valence-electron chi connectivity index (χ0n) is 11.6. The van der Waals surface area contributed by atoms with Gasteiger partial charge in [-0.1, -0.05) is 42.5 Å². The van der Waals surface area contributed by atoms with Crippen LogP contribution in [-0.4, -0.2) is 17.4 Å². The Morgan fingerprint density at radius 1 is 1.24 bits per heavy atom. The van der Waals surface area contributed by atoms with E-state index >= 15 is 0 Å². The Kier molecular flexibility index (Phi) is 5.90. The van der Waals surface area contributed by atoms with Crippen LogP contribution < -0.4 is 11.1 Å². The van der Waals surface area contributed by atoms with E-state index in [1.54, 1.807) is 11.3 Å². The standard InChI is InChI=1S/C16H18N2OS2/c17-15(20)14(10-12-4-2-1-3-5-12)16(19)18-8-6-13-7-9-21-11-13/h1-5,7,9,11,14H,6,8,10H2,(H2,17,20)(H,18,19). The van der Waals surface area contributed by atoms with Gasteiger partial charge in [-0.15, -0.1) is 0 Å². The van der Waals surface area contributed by atoms with Gasteiger partial charge in [0.05, 0.1) is 10.9 Å². The summed E-state index contributed by atoms with van der Waals surface area (Å²) < 4.78 is 0. The zero-order valence-corrected chi connectivity index (χ0v) is 13.3. The van der Waals surface area contributed by atoms with Crippen LogP contribution in [0.25, 0.3) is 0 Å². The normalized spacial score (nSPS) is 11.8. The molecule has 1 aromatic heterocycles. The number of thiocarbonyl (C=S) groups is 1. The average molecular weight is 318 g/mol. The molecule has 1 aromatic carbocycles. The molecule has 3 N–H and O–H groups in total. The van der Waals surface area contributed by atoms with E-state index < -0.39 is 5.92 Å². The van der Waals surface area contributed by atoms with Crippen LogP contribution >= 0.6 is 23.6 Å². The highest BCUT2D eigenvalue weighted by atomic mass is 32.1. The van der Waals surface area contributed by atoms with E-state index in [9.17, 15) is 4.79 Å². The van der Waals surface area contributed by atoms with Gasteiger partial charge in [0.2, 0.25) is 5.91 Å². The summed E-state index contributed by atoms with van der Waals surface area (Å²) in [4.78, 5) is 12.5. The average Bonchev–Trinajstić information content (AvgIpc) is 2.98. The van der Waals surface area contributed by atoms with E-state index in [4.69, 9.17) is 18.0 Å². The molecule has 0 spiro atoms. The molecule has 1 atom stereocenters. The van der Waals surface area contributed by atoms with Gasteiger partial charge in [0.1, 0.15) is 0 Å². The van der Waals surface area contributed by atoms with Crippen LogP contribution in [0.5, 0.6) is 0 Å². The summed E-state index contributed by atoms with van der Waals surface area (Å²) in [5.41, 5.74) is 8.01. The molecule has 2 aromatic rings. The predicted molar refractivity (Wildman–Crippen MR) is 91.5 cm³/mol. The number of carbonyl (C=O) groups excluding carboxylic acids is 1. The first-order chi connectivity index (χ1) is 10.2. The third-order valence-corrected chi connectivity index (χ3v) is 4.25. The third kappa shape index (κ3) is 4.95. The van der Waals surface area contributed by atoms with Gasteiger partial charge in [-0.2, -0.15) is 11.3 Å². The van der Waals surface area contributed by atoms with E-state index in [2.05, 4.69) is 16.8 Å². The second kappa shape index (κ2) is 7.90. The van der Waals surface area contributed by atoms with Crippen molar-refractivity contribution >= 4 is 34.5 Å². The second-order valence-corrected chi connectivity index (χ2v) is 6.07. The van der Waals surface area contributed by atoms with Crippen molar-refractivity contribution < 1.29 is 4.79 Å². The summed E-state index contributed by atoms with van der Waals surface area (Å²) in [5.74, 6) is -0.550. The maximum atomic E-state index is 12.2. The van der Waals surface area contributed by atoms with Crippen LogP contribution in [0, 0.1) is 5.92 Å². The molecular formula is C16H18N2OS2. The molecule has 110 valence electrons. The number of carbonyl (C=O) groups is 1. The summed E-state index contributed by atoms with van der Waals surface area (Å²) in [5, 5.41) is 7.04. The monoisotopic (exact) mass is 318 g/mol. The fourth-order valence-electron chi connectivity index (χ4n) is 2.06. The molecule has 0 saturated heterocycles. The van der Waals surface area contributed by atoms with Crippen molar-refractivity contribution in [1.82, 2.24) is 5.32 Å². The number of nitrogens with two attached hydrogens (primary N) is 1. The largest absolute Gasteiger partial charge is 0.393 e. The van der Waals surface area contributed by atoms with Gasteiger partial charge in [-0.3, -0.25) is 4.79 Å². The maximum Gasteiger partial charge on any atom is 0.230 e. The van der Waals surface area contributed by atoms with Crippen LogP contribution in [0.15, 0.2) is 47.2 Å². The SMILES string of the molecule is NC(=S)C(Cc1ccccc1)C(=O)NCCc1ccsc1. The van der Waals surface area contributed by atoms with Crippen molar-refractivity contribution in [3.8, 4) is 0 Å². The van der Waals surface area contributed by atoms with Crippen LogP contribution in [0.2, 0.25) is 0 Å². The number of amides is 1. The first kappa shape index (κ1) is 15.7. The van der Waals surface area contributed by atoms with Gasteiger partial charge in [-0.05, 0) is 40.8 Å². The Balaban J connectivity index is 1.88. The summed E-state index contributed by atoms with van der Waals surface area (Å²) in [7, 11) is 0. The van der Waals surface area contributed by atoms with Crippen molar-refractivity contribution in [3.05, 3.63) is 58.3 Å².